The summed E-state index contributed by atoms with van der Waals surface area (Å²) < 4.78 is 7.84. The third-order valence-corrected chi connectivity index (χ3v) is 4.25. The predicted molar refractivity (Wildman–Crippen MR) is 70.5 cm³/mol. The van der Waals surface area contributed by atoms with Crippen LogP contribution in [0.5, 0.6) is 0 Å². The van der Waals surface area contributed by atoms with E-state index in [1.54, 1.807) is 0 Å². The average Bonchev–Trinajstić information content (AvgIpc) is 2.89. The molecule has 2 aliphatic rings. The molecule has 1 N–H and O–H groups in total. The molecular formula is C14H23N3O. The third-order valence-electron chi connectivity index (χ3n) is 4.25. The summed E-state index contributed by atoms with van der Waals surface area (Å²) in [5, 5.41) is 3.71. The van der Waals surface area contributed by atoms with Gasteiger partial charge in [-0.05, 0) is 39.0 Å². The van der Waals surface area contributed by atoms with Gasteiger partial charge >= 0.3 is 0 Å². The van der Waals surface area contributed by atoms with Gasteiger partial charge in [0.05, 0.1) is 12.0 Å². The second-order valence-electron chi connectivity index (χ2n) is 5.62. The second-order valence-corrected chi connectivity index (χ2v) is 5.62. The predicted octanol–water partition coefficient (Wildman–Crippen LogP) is 2.44. The van der Waals surface area contributed by atoms with Crippen LogP contribution in [0.1, 0.15) is 56.8 Å². The van der Waals surface area contributed by atoms with Gasteiger partial charge in [0, 0.05) is 37.5 Å². The lowest BCUT2D eigenvalue weighted by atomic mass is 9.97. The molecule has 0 aliphatic carbocycles. The maximum Gasteiger partial charge on any atom is 0.0951 e. The first-order valence-corrected chi connectivity index (χ1v) is 7.20. The average molecular weight is 249 g/mol. The van der Waals surface area contributed by atoms with Crippen LogP contribution in [0, 0.1) is 0 Å². The number of ether oxygens (including phenoxy) is 1. The van der Waals surface area contributed by atoms with Crippen LogP contribution in [0.2, 0.25) is 0 Å². The highest BCUT2D eigenvalue weighted by Crippen LogP contribution is 2.29. The number of piperidine rings is 1. The largest absolute Gasteiger partial charge is 0.381 e. The number of imidazole rings is 1. The Kier molecular flexibility index (Phi) is 3.66. The molecule has 2 aliphatic heterocycles. The van der Waals surface area contributed by atoms with Crippen LogP contribution < -0.4 is 5.32 Å². The summed E-state index contributed by atoms with van der Waals surface area (Å²) in [6.45, 7) is 4.05. The van der Waals surface area contributed by atoms with Gasteiger partial charge in [0.25, 0.3) is 0 Å². The van der Waals surface area contributed by atoms with E-state index < -0.39 is 0 Å². The first kappa shape index (κ1) is 12.2. The minimum atomic E-state index is 0.485. The van der Waals surface area contributed by atoms with Gasteiger partial charge in [-0.2, -0.15) is 0 Å². The molecule has 0 aromatic carbocycles. The smallest absolute Gasteiger partial charge is 0.0951 e. The Morgan fingerprint density at radius 1 is 1.28 bits per heavy atom. The molecule has 2 fully saturated rings. The molecule has 4 heteroatoms. The molecule has 1 aromatic rings. The lowest BCUT2D eigenvalue weighted by molar-refractivity contribution is 0.0681. The minimum absolute atomic E-state index is 0.485. The molecular weight excluding hydrogens is 226 g/mol. The summed E-state index contributed by atoms with van der Waals surface area (Å²) in [5.41, 5.74) is 1.37. The molecule has 3 rings (SSSR count). The van der Waals surface area contributed by atoms with Crippen molar-refractivity contribution in [2.45, 2.75) is 57.2 Å². The van der Waals surface area contributed by atoms with Crippen molar-refractivity contribution < 1.29 is 4.74 Å². The van der Waals surface area contributed by atoms with Crippen LogP contribution >= 0.6 is 0 Å². The van der Waals surface area contributed by atoms with Gasteiger partial charge in [-0.25, -0.2) is 4.98 Å². The molecule has 0 amide bonds. The van der Waals surface area contributed by atoms with Gasteiger partial charge in [-0.1, -0.05) is 0 Å². The van der Waals surface area contributed by atoms with Crippen LogP contribution in [0.15, 0.2) is 12.5 Å². The van der Waals surface area contributed by atoms with Crippen molar-refractivity contribution in [3.05, 3.63) is 18.2 Å². The number of hydrogen-bond acceptors (Lipinski definition) is 3. The quantitative estimate of drug-likeness (QED) is 0.875. The van der Waals surface area contributed by atoms with Crippen molar-refractivity contribution in [2.75, 3.05) is 13.2 Å². The van der Waals surface area contributed by atoms with Crippen LogP contribution in [-0.2, 0) is 4.74 Å². The molecule has 0 radical (unpaired) electrons. The number of rotatable bonds is 2. The number of nitrogens with zero attached hydrogens (tertiary/aromatic N) is 2. The van der Waals surface area contributed by atoms with Crippen LogP contribution in [0.3, 0.4) is 0 Å². The first-order valence-electron chi connectivity index (χ1n) is 7.20. The van der Waals surface area contributed by atoms with Crippen LogP contribution in [-0.4, -0.2) is 28.8 Å². The summed E-state index contributed by atoms with van der Waals surface area (Å²) >= 11 is 0. The van der Waals surface area contributed by atoms with E-state index in [1.165, 1.54) is 25.0 Å². The zero-order chi connectivity index (χ0) is 12.4. The van der Waals surface area contributed by atoms with E-state index in [9.17, 15) is 0 Å². The van der Waals surface area contributed by atoms with Gasteiger partial charge < -0.3 is 14.6 Å². The number of hydrogen-bond donors (Lipinski definition) is 1. The van der Waals surface area contributed by atoms with Gasteiger partial charge in [0.15, 0.2) is 0 Å². The molecule has 3 heterocycles. The summed E-state index contributed by atoms with van der Waals surface area (Å²) in [4.78, 5) is 4.38. The first-order chi connectivity index (χ1) is 8.84. The normalized spacial score (nSPS) is 30.5. The monoisotopic (exact) mass is 249 g/mol. The van der Waals surface area contributed by atoms with E-state index >= 15 is 0 Å². The van der Waals surface area contributed by atoms with E-state index in [4.69, 9.17) is 4.74 Å². The van der Waals surface area contributed by atoms with Gasteiger partial charge in [0.2, 0.25) is 0 Å². The van der Waals surface area contributed by atoms with Crippen LogP contribution in [0.25, 0.3) is 0 Å². The highest BCUT2D eigenvalue weighted by atomic mass is 16.5. The molecule has 2 unspecified atom stereocenters. The zero-order valence-corrected chi connectivity index (χ0v) is 11.1. The van der Waals surface area contributed by atoms with Crippen molar-refractivity contribution in [3.8, 4) is 0 Å². The Bertz CT molecular complexity index is 384. The summed E-state index contributed by atoms with van der Waals surface area (Å²) in [6.07, 6.45) is 10.1. The van der Waals surface area contributed by atoms with E-state index in [1.807, 2.05) is 12.5 Å². The maximum absolute atomic E-state index is 5.45. The fourth-order valence-electron chi connectivity index (χ4n) is 3.22. The van der Waals surface area contributed by atoms with Crippen LogP contribution in [0.4, 0.5) is 0 Å². The Hall–Kier alpha value is -0.870. The molecule has 2 atom stereocenters. The molecule has 18 heavy (non-hydrogen) atoms. The van der Waals surface area contributed by atoms with E-state index in [-0.39, 0.29) is 0 Å². The Labute approximate surface area is 109 Å². The fourth-order valence-corrected chi connectivity index (χ4v) is 3.22. The molecule has 2 saturated heterocycles. The highest BCUT2D eigenvalue weighted by molar-refractivity contribution is 5.08. The van der Waals surface area contributed by atoms with E-state index in [0.29, 0.717) is 18.1 Å². The van der Waals surface area contributed by atoms with E-state index in [2.05, 4.69) is 21.8 Å². The minimum Gasteiger partial charge on any atom is -0.381 e. The number of aromatic nitrogens is 2. The Morgan fingerprint density at radius 2 is 2.11 bits per heavy atom. The maximum atomic E-state index is 5.45. The van der Waals surface area contributed by atoms with Crippen molar-refractivity contribution in [1.29, 1.82) is 0 Å². The standard InChI is InChI=1S/C14H23N3O/c1-11-3-2-4-13(16-11)14-9-15-10-17(14)12-5-7-18-8-6-12/h9-13,16H,2-8H2,1H3. The summed E-state index contributed by atoms with van der Waals surface area (Å²) in [6, 6.07) is 1.69. The second kappa shape index (κ2) is 5.41. The van der Waals surface area contributed by atoms with Crippen molar-refractivity contribution in [1.82, 2.24) is 14.9 Å². The van der Waals surface area contributed by atoms with E-state index in [0.717, 1.165) is 26.1 Å². The topological polar surface area (TPSA) is 39.1 Å². The van der Waals surface area contributed by atoms with Crippen molar-refractivity contribution in [3.63, 3.8) is 0 Å². The van der Waals surface area contributed by atoms with Gasteiger partial charge in [-0.15, -0.1) is 0 Å². The summed E-state index contributed by atoms with van der Waals surface area (Å²) in [7, 11) is 0. The SMILES string of the molecule is CC1CCCC(c2cncn2C2CCOCC2)N1. The molecule has 1 aromatic heterocycles. The van der Waals surface area contributed by atoms with Crippen molar-refractivity contribution >= 4 is 0 Å². The fraction of sp³-hybridized carbons (Fsp3) is 0.786. The van der Waals surface area contributed by atoms with Gasteiger partial charge in [-0.3, -0.25) is 0 Å². The zero-order valence-electron chi connectivity index (χ0n) is 11.1. The molecule has 4 nitrogen and oxygen atoms in total. The Balaban J connectivity index is 1.77. The lowest BCUT2D eigenvalue weighted by Crippen LogP contribution is -2.36. The Morgan fingerprint density at radius 3 is 2.89 bits per heavy atom. The highest BCUT2D eigenvalue weighted by Gasteiger charge is 2.25. The van der Waals surface area contributed by atoms with Gasteiger partial charge in [0.1, 0.15) is 0 Å². The molecule has 0 spiro atoms. The lowest BCUT2D eigenvalue weighted by Gasteiger charge is -2.32. The third kappa shape index (κ3) is 2.45. The molecule has 0 bridgehead atoms. The number of nitrogens with one attached hydrogen (secondary N) is 1. The molecule has 0 saturated carbocycles. The van der Waals surface area contributed by atoms with Crippen molar-refractivity contribution in [2.24, 2.45) is 0 Å². The summed E-state index contributed by atoms with van der Waals surface area (Å²) in [5.74, 6) is 0. The molecule has 100 valence electrons.